The van der Waals surface area contributed by atoms with Gasteiger partial charge in [0.2, 0.25) is 0 Å². The fourth-order valence-electron chi connectivity index (χ4n) is 9.50. The van der Waals surface area contributed by atoms with Crippen LogP contribution in [0.4, 0.5) is 0 Å². The van der Waals surface area contributed by atoms with E-state index < -0.39 is 0 Å². The van der Waals surface area contributed by atoms with Gasteiger partial charge in [-0.05, 0) is 79.5 Å². The average molecular weight is 728 g/mol. The second-order valence-electron chi connectivity index (χ2n) is 14.9. The summed E-state index contributed by atoms with van der Waals surface area (Å²) in [7, 11) is 0. The van der Waals surface area contributed by atoms with Crippen LogP contribution in [-0.2, 0) is 0 Å². The zero-order chi connectivity index (χ0) is 36.5. The summed E-state index contributed by atoms with van der Waals surface area (Å²) < 4.78 is 4.92. The molecule has 4 heteroatoms. The van der Waals surface area contributed by atoms with E-state index in [1.54, 1.807) is 0 Å². The van der Waals surface area contributed by atoms with Crippen LogP contribution in [0.3, 0.4) is 0 Å². The molecular formula is C52H29N3S. The fraction of sp³-hybridized carbons (Fsp3) is 0. The summed E-state index contributed by atoms with van der Waals surface area (Å²) in [6.07, 6.45) is 0. The van der Waals surface area contributed by atoms with Gasteiger partial charge in [-0.2, -0.15) is 0 Å². The minimum atomic E-state index is 0.829. The Morgan fingerprint density at radius 3 is 1.80 bits per heavy atom. The van der Waals surface area contributed by atoms with E-state index in [0.717, 1.165) is 49.9 Å². The number of aromatic nitrogens is 3. The van der Waals surface area contributed by atoms with E-state index >= 15 is 0 Å². The van der Waals surface area contributed by atoms with Crippen molar-refractivity contribution in [2.45, 2.75) is 0 Å². The molecule has 0 N–H and O–H groups in total. The smallest absolute Gasteiger partial charge is 0.165 e. The molecule has 0 amide bonds. The third-order valence-corrected chi connectivity index (χ3v) is 13.0. The molecule has 3 heterocycles. The minimum Gasteiger partial charge on any atom is -0.292 e. The Balaban J connectivity index is 1.27. The van der Waals surface area contributed by atoms with Crippen LogP contribution in [0.25, 0.3) is 124 Å². The molecule has 0 aliphatic rings. The monoisotopic (exact) mass is 727 g/mol. The summed E-state index contributed by atoms with van der Waals surface area (Å²) in [5.74, 6) is 0.829. The van der Waals surface area contributed by atoms with E-state index in [1.165, 1.54) is 74.0 Å². The van der Waals surface area contributed by atoms with Crippen molar-refractivity contribution in [3.63, 3.8) is 0 Å². The SMILES string of the molecule is c1ccc2cc3c(cc2c1)c1c2c4ccccc4c4ccccc4c2ccc1n3-c1nc2ccc3ccccc3c2nc1-c1cccc2sc3ccccc3c12. The maximum absolute atomic E-state index is 5.72. The first-order chi connectivity index (χ1) is 27.8. The predicted molar refractivity (Wildman–Crippen MR) is 240 cm³/mol. The molecule has 0 unspecified atom stereocenters. The molecule has 258 valence electrons. The number of hydrogen-bond donors (Lipinski definition) is 0. The third kappa shape index (κ3) is 4.06. The fourth-order valence-corrected chi connectivity index (χ4v) is 10.6. The third-order valence-electron chi connectivity index (χ3n) is 11.9. The van der Waals surface area contributed by atoms with Crippen molar-refractivity contribution in [3.05, 3.63) is 176 Å². The van der Waals surface area contributed by atoms with E-state index in [2.05, 4.69) is 180 Å². The lowest BCUT2D eigenvalue weighted by Gasteiger charge is -2.16. The molecule has 0 atom stereocenters. The van der Waals surface area contributed by atoms with E-state index in [-0.39, 0.29) is 0 Å². The molecule has 0 aliphatic carbocycles. The summed E-state index contributed by atoms with van der Waals surface area (Å²) in [5.41, 5.74) is 5.97. The van der Waals surface area contributed by atoms with Crippen molar-refractivity contribution in [1.82, 2.24) is 14.5 Å². The molecule has 0 aliphatic heterocycles. The summed E-state index contributed by atoms with van der Waals surface area (Å²) >= 11 is 1.83. The minimum absolute atomic E-state index is 0.829. The van der Waals surface area contributed by atoms with Crippen LogP contribution in [0.2, 0.25) is 0 Å². The topological polar surface area (TPSA) is 30.7 Å². The van der Waals surface area contributed by atoms with Crippen LogP contribution >= 0.6 is 11.3 Å². The molecule has 0 radical (unpaired) electrons. The second-order valence-corrected chi connectivity index (χ2v) is 15.9. The molecule has 56 heavy (non-hydrogen) atoms. The largest absolute Gasteiger partial charge is 0.292 e. The van der Waals surface area contributed by atoms with Gasteiger partial charge in [0.15, 0.2) is 5.82 Å². The average Bonchev–Trinajstić information content (AvgIpc) is 3.80. The van der Waals surface area contributed by atoms with Gasteiger partial charge in [-0.25, -0.2) is 9.97 Å². The zero-order valence-corrected chi connectivity index (χ0v) is 30.8. The maximum Gasteiger partial charge on any atom is 0.165 e. The number of nitrogens with zero attached hydrogens (tertiary/aromatic N) is 3. The number of benzene rings is 10. The normalized spacial score (nSPS) is 12.3. The molecule has 0 bridgehead atoms. The lowest BCUT2D eigenvalue weighted by atomic mass is 9.91. The van der Waals surface area contributed by atoms with Crippen LogP contribution in [0.1, 0.15) is 0 Å². The maximum atomic E-state index is 5.72. The van der Waals surface area contributed by atoms with Crippen molar-refractivity contribution in [3.8, 4) is 17.1 Å². The predicted octanol–water partition coefficient (Wildman–Crippen LogP) is 14.5. The highest BCUT2D eigenvalue weighted by Gasteiger charge is 2.24. The standard InChI is InChI=1S/C52H29N3S/c1-2-14-32-29-44-41(28-31(32)13-1)49-43(27-25-38-36-18-6-5-16-34(36)35-17-7-8-19-37(35)48(38)49)55(44)52-51(54-50-33-15-4-3-12-30(33)24-26-42(50)53-52)40-21-11-23-46-47(40)39-20-9-10-22-45(39)56-46/h1-29H. The van der Waals surface area contributed by atoms with Crippen molar-refractivity contribution < 1.29 is 0 Å². The van der Waals surface area contributed by atoms with Crippen LogP contribution in [0.15, 0.2) is 176 Å². The van der Waals surface area contributed by atoms with Gasteiger partial charge >= 0.3 is 0 Å². The van der Waals surface area contributed by atoms with Crippen molar-refractivity contribution in [2.24, 2.45) is 0 Å². The van der Waals surface area contributed by atoms with Gasteiger partial charge < -0.3 is 0 Å². The Hall–Kier alpha value is -7.14. The molecule has 13 aromatic rings. The number of rotatable bonds is 2. The number of hydrogen-bond acceptors (Lipinski definition) is 3. The Morgan fingerprint density at radius 1 is 0.375 bits per heavy atom. The molecule has 3 nitrogen and oxygen atoms in total. The first-order valence-electron chi connectivity index (χ1n) is 19.1. The number of thiophene rings is 1. The quantitative estimate of drug-likeness (QED) is 0.166. The van der Waals surface area contributed by atoms with Crippen LogP contribution < -0.4 is 0 Å². The van der Waals surface area contributed by atoms with Crippen LogP contribution in [0.5, 0.6) is 0 Å². The van der Waals surface area contributed by atoms with Gasteiger partial charge in [-0.3, -0.25) is 4.57 Å². The Kier molecular flexibility index (Phi) is 6.04. The molecule has 3 aromatic heterocycles. The summed E-state index contributed by atoms with van der Waals surface area (Å²) in [5, 5.41) is 17.1. The number of fused-ring (bicyclic) bond motifs is 17. The van der Waals surface area contributed by atoms with Gasteiger partial charge in [0.05, 0.1) is 22.1 Å². The van der Waals surface area contributed by atoms with Gasteiger partial charge in [0.1, 0.15) is 5.69 Å². The van der Waals surface area contributed by atoms with Gasteiger partial charge in [-0.1, -0.05) is 140 Å². The van der Waals surface area contributed by atoms with Crippen molar-refractivity contribution in [2.75, 3.05) is 0 Å². The first-order valence-corrected chi connectivity index (χ1v) is 19.9. The summed E-state index contributed by atoms with van der Waals surface area (Å²) in [6.45, 7) is 0. The van der Waals surface area contributed by atoms with Crippen molar-refractivity contribution >= 4 is 118 Å². The lowest BCUT2D eigenvalue weighted by Crippen LogP contribution is -2.04. The van der Waals surface area contributed by atoms with E-state index in [1.807, 2.05) is 11.3 Å². The van der Waals surface area contributed by atoms with Crippen LogP contribution in [0, 0.1) is 0 Å². The van der Waals surface area contributed by atoms with E-state index in [9.17, 15) is 0 Å². The Labute approximate surface area is 324 Å². The first kappa shape index (κ1) is 30.2. The van der Waals surface area contributed by atoms with Gasteiger partial charge in [0.25, 0.3) is 0 Å². The zero-order valence-electron chi connectivity index (χ0n) is 30.0. The highest BCUT2D eigenvalue weighted by atomic mass is 32.1. The van der Waals surface area contributed by atoms with Crippen LogP contribution in [-0.4, -0.2) is 14.5 Å². The lowest BCUT2D eigenvalue weighted by molar-refractivity contribution is 1.08. The molecule has 10 aromatic carbocycles. The van der Waals surface area contributed by atoms with Crippen molar-refractivity contribution in [1.29, 1.82) is 0 Å². The second kappa shape index (κ2) is 11.2. The molecule has 0 saturated carbocycles. The van der Waals surface area contributed by atoms with Gasteiger partial charge in [0, 0.05) is 47.3 Å². The molecule has 0 fully saturated rings. The van der Waals surface area contributed by atoms with E-state index in [0.29, 0.717) is 0 Å². The molecule has 0 spiro atoms. The molecule has 0 saturated heterocycles. The molecule has 13 rings (SSSR count). The van der Waals surface area contributed by atoms with Gasteiger partial charge in [-0.15, -0.1) is 11.3 Å². The highest BCUT2D eigenvalue weighted by molar-refractivity contribution is 7.25. The summed E-state index contributed by atoms with van der Waals surface area (Å²) in [4.78, 5) is 11.4. The van der Waals surface area contributed by atoms with E-state index in [4.69, 9.17) is 9.97 Å². The Bertz CT molecular complexity index is 3800. The summed E-state index contributed by atoms with van der Waals surface area (Å²) in [6, 6.07) is 64.1. The molecular weight excluding hydrogens is 699 g/mol. The highest BCUT2D eigenvalue weighted by Crippen LogP contribution is 2.47. The Morgan fingerprint density at radius 2 is 1.00 bits per heavy atom.